The summed E-state index contributed by atoms with van der Waals surface area (Å²) in [7, 11) is 0. The molecule has 82 valence electrons. The lowest BCUT2D eigenvalue weighted by molar-refractivity contribution is -0.142. The largest absolute Gasteiger partial charge is 0.481 e. The quantitative estimate of drug-likeness (QED) is 0.785. The maximum Gasteiger partial charge on any atom is 0.307 e. The second-order valence-electron chi connectivity index (χ2n) is 4.27. The molecular formula is C11H20O2S. The molecule has 0 saturated heterocycles. The van der Waals surface area contributed by atoms with E-state index >= 15 is 0 Å². The number of carboxylic acids is 1. The molecule has 0 spiro atoms. The Kier molecular flexibility index (Phi) is 4.79. The third-order valence-electron chi connectivity index (χ3n) is 2.91. The van der Waals surface area contributed by atoms with Gasteiger partial charge in [0.2, 0.25) is 0 Å². The fourth-order valence-corrected chi connectivity index (χ4v) is 3.55. The topological polar surface area (TPSA) is 37.3 Å². The summed E-state index contributed by atoms with van der Waals surface area (Å²) in [6.07, 6.45) is 4.18. The Balaban J connectivity index is 2.50. The molecular weight excluding hydrogens is 196 g/mol. The van der Waals surface area contributed by atoms with E-state index in [2.05, 4.69) is 13.8 Å². The molecule has 3 heteroatoms. The van der Waals surface area contributed by atoms with Gasteiger partial charge in [0.1, 0.15) is 0 Å². The van der Waals surface area contributed by atoms with Gasteiger partial charge >= 0.3 is 5.97 Å². The molecule has 1 saturated carbocycles. The van der Waals surface area contributed by atoms with Crippen molar-refractivity contribution in [2.75, 3.05) is 5.75 Å². The van der Waals surface area contributed by atoms with Crippen molar-refractivity contribution in [3.8, 4) is 0 Å². The van der Waals surface area contributed by atoms with E-state index in [0.29, 0.717) is 11.2 Å². The van der Waals surface area contributed by atoms with Crippen molar-refractivity contribution in [2.45, 2.75) is 44.8 Å². The Bertz CT molecular complexity index is 194. The molecule has 0 bridgehead atoms. The molecule has 0 aromatic rings. The first-order chi connectivity index (χ1) is 6.65. The monoisotopic (exact) mass is 216 g/mol. The van der Waals surface area contributed by atoms with Crippen molar-refractivity contribution in [1.82, 2.24) is 0 Å². The van der Waals surface area contributed by atoms with E-state index in [4.69, 9.17) is 5.11 Å². The molecule has 3 atom stereocenters. The van der Waals surface area contributed by atoms with Gasteiger partial charge in [0.25, 0.3) is 0 Å². The highest BCUT2D eigenvalue weighted by Gasteiger charge is 2.33. The van der Waals surface area contributed by atoms with Gasteiger partial charge in [-0.3, -0.25) is 4.79 Å². The second kappa shape index (κ2) is 5.64. The minimum absolute atomic E-state index is 0.0947. The van der Waals surface area contributed by atoms with Crippen molar-refractivity contribution >= 4 is 17.7 Å². The Labute approximate surface area is 90.5 Å². The zero-order chi connectivity index (χ0) is 10.6. The highest BCUT2D eigenvalue weighted by Crippen LogP contribution is 2.36. The first-order valence-corrected chi connectivity index (χ1v) is 6.54. The Morgan fingerprint density at radius 1 is 1.50 bits per heavy atom. The SMILES string of the molecule is CCCSC1CC(C)CCC1C(=O)O. The second-order valence-corrected chi connectivity index (χ2v) is 5.62. The summed E-state index contributed by atoms with van der Waals surface area (Å²) in [5, 5.41) is 9.44. The van der Waals surface area contributed by atoms with Crippen LogP contribution in [0.2, 0.25) is 0 Å². The average Bonchev–Trinajstić information content (AvgIpc) is 2.14. The van der Waals surface area contributed by atoms with Crippen LogP contribution in [0.4, 0.5) is 0 Å². The molecule has 14 heavy (non-hydrogen) atoms. The summed E-state index contributed by atoms with van der Waals surface area (Å²) < 4.78 is 0. The summed E-state index contributed by atoms with van der Waals surface area (Å²) in [6, 6.07) is 0. The predicted octanol–water partition coefficient (Wildman–Crippen LogP) is 3.02. The summed E-state index contributed by atoms with van der Waals surface area (Å²) >= 11 is 1.86. The van der Waals surface area contributed by atoms with Crippen LogP contribution in [0, 0.1) is 11.8 Å². The Morgan fingerprint density at radius 3 is 2.79 bits per heavy atom. The van der Waals surface area contributed by atoms with Crippen molar-refractivity contribution in [1.29, 1.82) is 0 Å². The smallest absolute Gasteiger partial charge is 0.307 e. The van der Waals surface area contributed by atoms with Gasteiger partial charge < -0.3 is 5.11 Å². The molecule has 3 unspecified atom stereocenters. The lowest BCUT2D eigenvalue weighted by Gasteiger charge is -2.31. The van der Waals surface area contributed by atoms with Crippen LogP contribution in [0.1, 0.15) is 39.5 Å². The zero-order valence-electron chi connectivity index (χ0n) is 9.03. The van der Waals surface area contributed by atoms with Crippen LogP contribution in [-0.2, 0) is 4.79 Å². The summed E-state index contributed by atoms with van der Waals surface area (Å²) in [5.74, 6) is 1.12. The van der Waals surface area contributed by atoms with Crippen molar-refractivity contribution in [2.24, 2.45) is 11.8 Å². The van der Waals surface area contributed by atoms with E-state index in [1.54, 1.807) is 0 Å². The van der Waals surface area contributed by atoms with E-state index < -0.39 is 5.97 Å². The first kappa shape index (κ1) is 11.9. The summed E-state index contributed by atoms with van der Waals surface area (Å²) in [5.41, 5.74) is 0. The first-order valence-electron chi connectivity index (χ1n) is 5.49. The zero-order valence-corrected chi connectivity index (χ0v) is 9.85. The van der Waals surface area contributed by atoms with Crippen LogP contribution in [0.3, 0.4) is 0 Å². The van der Waals surface area contributed by atoms with E-state index in [1.807, 2.05) is 11.8 Å². The number of thioether (sulfide) groups is 1. The molecule has 1 aliphatic carbocycles. The fraction of sp³-hybridized carbons (Fsp3) is 0.909. The van der Waals surface area contributed by atoms with E-state index in [-0.39, 0.29) is 5.92 Å². The van der Waals surface area contributed by atoms with Gasteiger partial charge in [-0.1, -0.05) is 13.8 Å². The normalized spacial score (nSPS) is 32.9. The van der Waals surface area contributed by atoms with Gasteiger partial charge in [-0.2, -0.15) is 11.8 Å². The van der Waals surface area contributed by atoms with E-state index in [1.165, 1.54) is 0 Å². The molecule has 0 aromatic heterocycles. The molecule has 0 heterocycles. The van der Waals surface area contributed by atoms with Gasteiger partial charge in [0.15, 0.2) is 0 Å². The molecule has 0 amide bonds. The summed E-state index contributed by atoms with van der Waals surface area (Å²) in [4.78, 5) is 11.0. The molecule has 1 N–H and O–H groups in total. The Hall–Kier alpha value is -0.180. The number of hydrogen-bond acceptors (Lipinski definition) is 2. The Morgan fingerprint density at radius 2 is 2.21 bits per heavy atom. The van der Waals surface area contributed by atoms with Crippen LogP contribution in [-0.4, -0.2) is 22.1 Å². The maximum atomic E-state index is 11.0. The number of rotatable bonds is 4. The van der Waals surface area contributed by atoms with Gasteiger partial charge in [0.05, 0.1) is 5.92 Å². The van der Waals surface area contributed by atoms with Crippen LogP contribution >= 0.6 is 11.8 Å². The molecule has 2 nitrogen and oxygen atoms in total. The summed E-state index contributed by atoms with van der Waals surface area (Å²) in [6.45, 7) is 4.38. The van der Waals surface area contributed by atoms with Crippen molar-refractivity contribution < 1.29 is 9.90 Å². The van der Waals surface area contributed by atoms with Gasteiger partial charge in [-0.05, 0) is 37.4 Å². The standard InChI is InChI=1S/C11H20O2S/c1-3-6-14-10-7-8(2)4-5-9(10)11(12)13/h8-10H,3-7H2,1-2H3,(H,12,13). The molecule has 1 fully saturated rings. The fourth-order valence-electron chi connectivity index (χ4n) is 2.06. The third kappa shape index (κ3) is 3.19. The molecule has 0 radical (unpaired) electrons. The van der Waals surface area contributed by atoms with Crippen LogP contribution in [0.25, 0.3) is 0 Å². The minimum atomic E-state index is -0.592. The van der Waals surface area contributed by atoms with Gasteiger partial charge in [0, 0.05) is 5.25 Å². The van der Waals surface area contributed by atoms with Crippen molar-refractivity contribution in [3.05, 3.63) is 0 Å². The molecule has 1 aliphatic rings. The number of hydrogen-bond donors (Lipinski definition) is 1. The molecule has 1 rings (SSSR count). The number of carboxylic acid groups (broad SMARTS) is 1. The van der Waals surface area contributed by atoms with Crippen LogP contribution in [0.15, 0.2) is 0 Å². The third-order valence-corrected chi connectivity index (χ3v) is 4.50. The lowest BCUT2D eigenvalue weighted by atomic mass is 9.82. The van der Waals surface area contributed by atoms with E-state index in [9.17, 15) is 4.79 Å². The van der Waals surface area contributed by atoms with Crippen LogP contribution in [0.5, 0.6) is 0 Å². The van der Waals surface area contributed by atoms with E-state index in [0.717, 1.165) is 31.4 Å². The average molecular weight is 216 g/mol. The molecule has 0 aliphatic heterocycles. The maximum absolute atomic E-state index is 11.0. The number of carbonyl (C=O) groups is 1. The molecule has 0 aromatic carbocycles. The lowest BCUT2D eigenvalue weighted by Crippen LogP contribution is -2.32. The van der Waals surface area contributed by atoms with Gasteiger partial charge in [-0.25, -0.2) is 0 Å². The number of aliphatic carboxylic acids is 1. The highest BCUT2D eigenvalue weighted by atomic mass is 32.2. The minimum Gasteiger partial charge on any atom is -0.481 e. The van der Waals surface area contributed by atoms with Crippen molar-refractivity contribution in [3.63, 3.8) is 0 Å². The highest BCUT2D eigenvalue weighted by molar-refractivity contribution is 7.99. The predicted molar refractivity (Wildman–Crippen MR) is 60.7 cm³/mol. The van der Waals surface area contributed by atoms with Gasteiger partial charge in [-0.15, -0.1) is 0 Å². The van der Waals surface area contributed by atoms with Crippen LogP contribution < -0.4 is 0 Å².